The van der Waals surface area contributed by atoms with E-state index in [2.05, 4.69) is 20.1 Å². The molecule has 1 aromatic carbocycles. The van der Waals surface area contributed by atoms with Crippen LogP contribution < -0.4 is 20.7 Å². The molecule has 5 fully saturated rings. The van der Waals surface area contributed by atoms with E-state index < -0.39 is 23.4 Å². The fourth-order valence-corrected chi connectivity index (χ4v) is 10.1. The second-order valence-electron chi connectivity index (χ2n) is 13.3. The number of anilines is 2. The Hall–Kier alpha value is -2.85. The summed E-state index contributed by atoms with van der Waals surface area (Å²) in [5.74, 6) is -0.347. The number of hydrogen-bond acceptors (Lipinski definition) is 12. The van der Waals surface area contributed by atoms with Crippen LogP contribution in [0.3, 0.4) is 0 Å². The van der Waals surface area contributed by atoms with Gasteiger partial charge in [-0.15, -0.1) is 0 Å². The van der Waals surface area contributed by atoms with Crippen molar-refractivity contribution in [3.05, 3.63) is 29.2 Å². The van der Waals surface area contributed by atoms with Gasteiger partial charge in [0.15, 0.2) is 16.8 Å². The Morgan fingerprint density at radius 3 is 2.70 bits per heavy atom. The minimum atomic E-state index is -0.895. The van der Waals surface area contributed by atoms with Crippen molar-refractivity contribution < 1.29 is 22.6 Å². The van der Waals surface area contributed by atoms with Crippen molar-refractivity contribution in [2.45, 2.75) is 73.3 Å². The van der Waals surface area contributed by atoms with E-state index in [1.807, 2.05) is 4.31 Å². The molecule has 9 rings (SSSR count). The molecule has 46 heavy (non-hydrogen) atoms. The normalized spacial score (nSPS) is 29.8. The van der Waals surface area contributed by atoms with Crippen LogP contribution in [0, 0.1) is 5.82 Å². The van der Waals surface area contributed by atoms with Crippen LogP contribution in [-0.2, 0) is 4.74 Å². The molecule has 2 aromatic heterocycles. The minimum Gasteiger partial charge on any atom is -0.461 e. The number of morpholine rings is 1. The van der Waals surface area contributed by atoms with Crippen LogP contribution in [0.15, 0.2) is 17.0 Å². The van der Waals surface area contributed by atoms with Crippen LogP contribution in [0.5, 0.6) is 6.01 Å². The highest BCUT2D eigenvalue weighted by atomic mass is 32.2. The molecule has 0 spiro atoms. The molecule has 0 radical (unpaired) electrons. The zero-order chi connectivity index (χ0) is 31.2. The SMILES string of the molecule is Nc1nc2c(C3=C(F)c4nc(OC[C@@]56CCCN5C[C@H](F)C6)nc(N5C6CNCC5COC6)c4SN3C3CCC3)ccc(F)c2s1. The van der Waals surface area contributed by atoms with Gasteiger partial charge in [-0.25, -0.2) is 18.2 Å². The number of fused-ring (bicyclic) bond motifs is 5. The van der Waals surface area contributed by atoms with Crippen molar-refractivity contribution in [3.8, 4) is 6.01 Å². The third-order valence-corrected chi connectivity index (χ3v) is 12.6. The Bertz CT molecular complexity index is 1720. The van der Waals surface area contributed by atoms with E-state index in [0.29, 0.717) is 71.5 Å². The highest BCUT2D eigenvalue weighted by molar-refractivity contribution is 7.97. The van der Waals surface area contributed by atoms with Crippen molar-refractivity contribution in [2.75, 3.05) is 56.6 Å². The first-order chi connectivity index (χ1) is 22.4. The summed E-state index contributed by atoms with van der Waals surface area (Å²) in [6, 6.07) is 3.10. The summed E-state index contributed by atoms with van der Waals surface area (Å²) >= 11 is 2.49. The quantitative estimate of drug-likeness (QED) is 0.359. The molecule has 15 heteroatoms. The van der Waals surface area contributed by atoms with Crippen molar-refractivity contribution >= 4 is 56.0 Å². The molecule has 0 amide bonds. The maximum Gasteiger partial charge on any atom is 0.319 e. The predicted molar refractivity (Wildman–Crippen MR) is 172 cm³/mol. The monoisotopic (exact) mass is 672 g/mol. The maximum atomic E-state index is 17.4. The molecule has 7 heterocycles. The molecule has 1 aliphatic carbocycles. The van der Waals surface area contributed by atoms with Gasteiger partial charge >= 0.3 is 6.01 Å². The van der Waals surface area contributed by atoms with E-state index in [4.69, 9.17) is 25.2 Å². The first kappa shape index (κ1) is 29.3. The topological polar surface area (TPSA) is 105 Å². The molecule has 3 aromatic rings. The van der Waals surface area contributed by atoms with Crippen LogP contribution in [0.4, 0.5) is 24.1 Å². The Kier molecular flexibility index (Phi) is 7.08. The maximum absolute atomic E-state index is 17.4. The second kappa shape index (κ2) is 11.1. The summed E-state index contributed by atoms with van der Waals surface area (Å²) in [6.07, 6.45) is 4.19. The lowest BCUT2D eigenvalue weighted by Gasteiger charge is -2.48. The van der Waals surface area contributed by atoms with E-state index in [1.165, 1.54) is 18.0 Å². The third kappa shape index (κ3) is 4.60. The van der Waals surface area contributed by atoms with Crippen molar-refractivity contribution in [3.63, 3.8) is 0 Å². The molecule has 4 atom stereocenters. The first-order valence-corrected chi connectivity index (χ1v) is 17.7. The van der Waals surface area contributed by atoms with E-state index in [9.17, 15) is 8.78 Å². The van der Waals surface area contributed by atoms with Gasteiger partial charge in [-0.3, -0.25) is 4.90 Å². The number of aromatic nitrogens is 3. The summed E-state index contributed by atoms with van der Waals surface area (Å²) in [6.45, 7) is 3.94. The Labute approximate surface area is 272 Å². The van der Waals surface area contributed by atoms with Crippen molar-refractivity contribution in [1.29, 1.82) is 0 Å². The van der Waals surface area contributed by atoms with E-state index in [0.717, 1.165) is 50.0 Å². The van der Waals surface area contributed by atoms with Crippen LogP contribution in [-0.4, -0.2) is 100.0 Å². The van der Waals surface area contributed by atoms with Gasteiger partial charge in [0, 0.05) is 37.7 Å². The van der Waals surface area contributed by atoms with E-state index in [-0.39, 0.29) is 41.6 Å². The van der Waals surface area contributed by atoms with Crippen molar-refractivity contribution in [2.24, 2.45) is 0 Å². The number of rotatable bonds is 6. The molecule has 5 aliphatic heterocycles. The number of nitrogens with two attached hydrogens (primary N) is 1. The Balaban J connectivity index is 1.20. The number of halogens is 3. The third-order valence-electron chi connectivity index (χ3n) is 10.5. The molecular formula is C31H35F3N8O2S2. The van der Waals surface area contributed by atoms with Gasteiger partial charge in [-0.1, -0.05) is 11.3 Å². The number of piperazine rings is 1. The number of nitrogens with one attached hydrogen (secondary N) is 1. The number of hydrogen-bond donors (Lipinski definition) is 2. The highest BCUT2D eigenvalue weighted by Crippen LogP contribution is 2.53. The summed E-state index contributed by atoms with van der Waals surface area (Å²) < 4.78 is 61.4. The fraction of sp³-hybridized carbons (Fsp3) is 0.581. The molecule has 4 saturated heterocycles. The van der Waals surface area contributed by atoms with Crippen LogP contribution >= 0.6 is 23.3 Å². The summed E-state index contributed by atoms with van der Waals surface area (Å²) in [5.41, 5.74) is 6.89. The minimum absolute atomic E-state index is 0.00582. The standard InChI is InChI=1S/C31H35F3N8O2S2/c32-16-9-31(7-2-8-40(31)12-16)15-44-30-38-24-22(34)25(20-5-6-21(33)26-23(20)37-29(35)45-26)42(17-3-1-4-17)46-27(24)28(39-30)41-18-10-36-11-19(41)14-43-13-18/h5-6,16-19,36H,1-4,7-15H2,(H2,35,37)/t16-,18?,19?,31+/m1/s1. The lowest BCUT2D eigenvalue weighted by atomic mass is 9.92. The predicted octanol–water partition coefficient (Wildman–Crippen LogP) is 4.61. The molecular weight excluding hydrogens is 638 g/mol. The molecule has 10 nitrogen and oxygen atoms in total. The Morgan fingerprint density at radius 2 is 1.91 bits per heavy atom. The molecule has 2 bridgehead atoms. The smallest absolute Gasteiger partial charge is 0.319 e. The van der Waals surface area contributed by atoms with Crippen molar-refractivity contribution in [1.82, 2.24) is 29.5 Å². The van der Waals surface area contributed by atoms with Crippen LogP contribution in [0.2, 0.25) is 0 Å². The first-order valence-electron chi connectivity index (χ1n) is 16.1. The highest BCUT2D eigenvalue weighted by Gasteiger charge is 2.50. The Morgan fingerprint density at radius 1 is 1.09 bits per heavy atom. The van der Waals surface area contributed by atoms with Gasteiger partial charge in [0.05, 0.1) is 46.8 Å². The lowest BCUT2D eigenvalue weighted by Crippen LogP contribution is -2.64. The molecule has 244 valence electrons. The largest absolute Gasteiger partial charge is 0.461 e. The molecule has 1 saturated carbocycles. The summed E-state index contributed by atoms with van der Waals surface area (Å²) in [4.78, 5) is 19.2. The lowest BCUT2D eigenvalue weighted by molar-refractivity contribution is 0.0516. The number of thiazole rings is 1. The molecule has 2 unspecified atom stereocenters. The number of ether oxygens (including phenoxy) is 2. The van der Waals surface area contributed by atoms with E-state index in [1.54, 1.807) is 6.07 Å². The zero-order valence-corrected chi connectivity index (χ0v) is 26.8. The van der Waals surface area contributed by atoms with Gasteiger partial charge in [0.2, 0.25) is 0 Å². The fourth-order valence-electron chi connectivity index (χ4n) is 8.07. The number of nitrogen functional groups attached to an aromatic ring is 1. The van der Waals surface area contributed by atoms with Gasteiger partial charge in [0.1, 0.15) is 29.2 Å². The van der Waals surface area contributed by atoms with Gasteiger partial charge in [-0.2, -0.15) is 9.97 Å². The second-order valence-corrected chi connectivity index (χ2v) is 15.3. The molecule has 6 aliphatic rings. The van der Waals surface area contributed by atoms with Gasteiger partial charge in [0.25, 0.3) is 0 Å². The average Bonchev–Trinajstić information content (AvgIpc) is 3.67. The molecule has 3 N–H and O–H groups in total. The number of alkyl halides is 1. The van der Waals surface area contributed by atoms with Crippen LogP contribution in [0.25, 0.3) is 21.7 Å². The van der Waals surface area contributed by atoms with Gasteiger partial charge in [-0.05, 0) is 62.7 Å². The average molecular weight is 673 g/mol. The van der Waals surface area contributed by atoms with Gasteiger partial charge < -0.3 is 29.7 Å². The number of nitrogens with zero attached hydrogens (tertiary/aromatic N) is 6. The number of benzene rings is 1. The van der Waals surface area contributed by atoms with E-state index >= 15 is 4.39 Å². The van der Waals surface area contributed by atoms with Crippen LogP contribution in [0.1, 0.15) is 49.8 Å². The summed E-state index contributed by atoms with van der Waals surface area (Å²) in [7, 11) is 0. The zero-order valence-electron chi connectivity index (χ0n) is 25.2. The summed E-state index contributed by atoms with van der Waals surface area (Å²) in [5, 5.41) is 3.71.